The fourth-order valence-corrected chi connectivity index (χ4v) is 5.84. The lowest BCUT2D eigenvalue weighted by Crippen LogP contribution is -2.67. The monoisotopic (exact) mass is 489 g/mol. The summed E-state index contributed by atoms with van der Waals surface area (Å²) in [5, 5.41) is 2.85. The van der Waals surface area contributed by atoms with Gasteiger partial charge in [0.2, 0.25) is 11.8 Å². The maximum Gasteiger partial charge on any atom is 0.408 e. The molecule has 10 heteroatoms. The summed E-state index contributed by atoms with van der Waals surface area (Å²) < 4.78 is 5.50. The Hall–Kier alpha value is -2.96. The Morgan fingerprint density at radius 2 is 1.57 bits per heavy atom. The number of primary amides is 1. The number of ether oxygens (including phenoxy) is 1. The summed E-state index contributed by atoms with van der Waals surface area (Å²) in [5.74, 6) is 1.25. The second-order valence-corrected chi connectivity index (χ2v) is 11.4. The lowest BCUT2D eigenvalue weighted by atomic mass is 9.75. The molecule has 0 radical (unpaired) electrons. The van der Waals surface area contributed by atoms with E-state index in [1.807, 2.05) is 4.90 Å². The number of nitrogens with one attached hydrogen (secondary N) is 1. The molecule has 3 aliphatic rings. The Bertz CT molecular complexity index is 908. The summed E-state index contributed by atoms with van der Waals surface area (Å²) in [6.07, 6.45) is 8.54. The molecule has 194 valence electrons. The number of fused-ring (bicyclic) bond motifs is 2. The highest BCUT2D eigenvalue weighted by molar-refractivity contribution is 5.95. The first-order valence-electron chi connectivity index (χ1n) is 12.3. The summed E-state index contributed by atoms with van der Waals surface area (Å²) in [5.41, 5.74) is 3.46. The van der Waals surface area contributed by atoms with Crippen LogP contribution >= 0.6 is 0 Å². The van der Waals surface area contributed by atoms with E-state index in [2.05, 4.69) is 11.2 Å². The van der Waals surface area contributed by atoms with Crippen LogP contribution in [-0.4, -0.2) is 88.0 Å². The highest BCUT2D eigenvalue weighted by Crippen LogP contribution is 2.44. The van der Waals surface area contributed by atoms with Gasteiger partial charge >= 0.3 is 12.1 Å². The quantitative estimate of drug-likeness (QED) is 0.581. The van der Waals surface area contributed by atoms with Gasteiger partial charge in [-0.1, -0.05) is 5.92 Å². The Balaban J connectivity index is 1.96. The molecule has 10 nitrogen and oxygen atoms in total. The molecular formula is C25H39N5O5. The average Bonchev–Trinajstić information content (AvgIpc) is 3.28. The van der Waals surface area contributed by atoms with Gasteiger partial charge in [0.05, 0.1) is 6.04 Å². The van der Waals surface area contributed by atoms with E-state index in [9.17, 15) is 19.2 Å². The van der Waals surface area contributed by atoms with E-state index in [1.54, 1.807) is 46.7 Å². The molecule has 35 heavy (non-hydrogen) atoms. The van der Waals surface area contributed by atoms with Gasteiger partial charge in [-0.05, 0) is 72.1 Å². The van der Waals surface area contributed by atoms with Gasteiger partial charge in [0, 0.05) is 26.2 Å². The number of hydrogen-bond donors (Lipinski definition) is 2. The Morgan fingerprint density at radius 1 is 1.00 bits per heavy atom. The van der Waals surface area contributed by atoms with Crippen LogP contribution in [0.2, 0.25) is 0 Å². The van der Waals surface area contributed by atoms with Gasteiger partial charge in [-0.15, -0.1) is 6.42 Å². The van der Waals surface area contributed by atoms with E-state index < -0.39 is 41.1 Å². The largest absolute Gasteiger partial charge is 0.444 e. The third kappa shape index (κ3) is 5.19. The van der Waals surface area contributed by atoms with Crippen molar-refractivity contribution in [1.29, 1.82) is 0 Å². The molecule has 0 aromatic heterocycles. The topological polar surface area (TPSA) is 125 Å². The number of hydrogen-bond acceptors (Lipinski definition) is 5. The second kappa shape index (κ2) is 9.59. The number of rotatable bonds is 4. The maximum absolute atomic E-state index is 14.2. The van der Waals surface area contributed by atoms with Crippen molar-refractivity contribution in [2.75, 3.05) is 14.1 Å². The van der Waals surface area contributed by atoms with Crippen LogP contribution in [0.3, 0.4) is 0 Å². The number of nitrogens with zero attached hydrogens (tertiary/aromatic N) is 3. The molecule has 0 aliphatic carbocycles. The molecular weight excluding hydrogens is 450 g/mol. The van der Waals surface area contributed by atoms with Crippen molar-refractivity contribution in [3.05, 3.63) is 0 Å². The molecule has 3 heterocycles. The number of alkyl carbamates (subject to hydrolysis) is 1. The number of piperidine rings is 1. The van der Waals surface area contributed by atoms with Crippen LogP contribution in [0.1, 0.15) is 66.2 Å². The third-order valence-electron chi connectivity index (χ3n) is 7.50. The van der Waals surface area contributed by atoms with E-state index in [1.165, 1.54) is 4.90 Å². The molecule has 3 N–H and O–H groups in total. The Kier molecular flexibility index (Phi) is 7.30. The Morgan fingerprint density at radius 3 is 2.03 bits per heavy atom. The van der Waals surface area contributed by atoms with Crippen molar-refractivity contribution >= 4 is 23.9 Å². The lowest BCUT2D eigenvalue weighted by molar-refractivity contribution is -0.146. The first kappa shape index (κ1) is 26.6. The van der Waals surface area contributed by atoms with Crippen molar-refractivity contribution in [2.45, 2.75) is 102 Å². The van der Waals surface area contributed by atoms with E-state index in [0.717, 1.165) is 12.8 Å². The van der Waals surface area contributed by atoms with Crippen LogP contribution in [-0.2, 0) is 14.3 Å². The van der Waals surface area contributed by atoms with E-state index in [-0.39, 0.29) is 24.0 Å². The normalized spacial score (nSPS) is 29.7. The zero-order valence-electron chi connectivity index (χ0n) is 21.7. The molecule has 3 rings (SSSR count). The molecule has 0 aromatic rings. The molecule has 5 amide bonds. The summed E-state index contributed by atoms with van der Waals surface area (Å²) in [4.78, 5) is 56.9. The van der Waals surface area contributed by atoms with Gasteiger partial charge in [0.15, 0.2) is 0 Å². The van der Waals surface area contributed by atoms with Crippen LogP contribution in [0.5, 0.6) is 0 Å². The van der Waals surface area contributed by atoms with E-state index in [4.69, 9.17) is 16.9 Å². The Labute approximate surface area is 207 Å². The second-order valence-electron chi connectivity index (χ2n) is 11.4. The number of likely N-dealkylation sites (tertiary alicyclic amines) is 1. The van der Waals surface area contributed by atoms with Crippen LogP contribution in [0.4, 0.5) is 9.59 Å². The molecule has 3 saturated heterocycles. The SMILES string of the molecule is C#CC1CCC(C(N)=O)N1C(=O)C(C)(NC(=O)OC(C)(C)C)C1CC2CCC(C1)N2C(=O)N(C)C. The van der Waals surface area contributed by atoms with E-state index >= 15 is 0 Å². The first-order valence-corrected chi connectivity index (χ1v) is 12.3. The molecule has 3 fully saturated rings. The van der Waals surface area contributed by atoms with Crippen LogP contribution in [0, 0.1) is 18.3 Å². The van der Waals surface area contributed by atoms with Crippen LogP contribution in [0.25, 0.3) is 0 Å². The number of carbonyl (C=O) groups is 4. The minimum Gasteiger partial charge on any atom is -0.444 e. The van der Waals surface area contributed by atoms with Gasteiger partial charge in [-0.25, -0.2) is 9.59 Å². The highest BCUT2D eigenvalue weighted by atomic mass is 16.6. The van der Waals surface area contributed by atoms with Gasteiger partial charge in [0.25, 0.3) is 0 Å². The summed E-state index contributed by atoms with van der Waals surface area (Å²) in [6.45, 7) is 6.91. The molecule has 0 spiro atoms. The van der Waals surface area contributed by atoms with Gasteiger partial charge in [-0.2, -0.15) is 0 Å². The molecule has 2 bridgehead atoms. The zero-order chi connectivity index (χ0) is 26.3. The standard InChI is InChI=1S/C25H39N5O5/c1-8-16-11-12-19(20(26)31)30(16)21(32)25(5,27-22(33)35-24(2,3)4)15-13-17-9-10-18(14-15)29(17)23(34)28(6)7/h1,15-19H,9-14H2,2-7H3,(H2,26,31)(H,27,33). The zero-order valence-corrected chi connectivity index (χ0v) is 21.7. The molecule has 5 unspecified atom stereocenters. The van der Waals surface area contributed by atoms with Crippen LogP contribution in [0.15, 0.2) is 0 Å². The predicted octanol–water partition coefficient (Wildman–Crippen LogP) is 1.67. The summed E-state index contributed by atoms with van der Waals surface area (Å²) in [6, 6.07) is -1.57. The van der Waals surface area contributed by atoms with Gasteiger partial charge in [-0.3, -0.25) is 9.59 Å². The molecule has 5 atom stereocenters. The van der Waals surface area contributed by atoms with E-state index in [0.29, 0.717) is 25.7 Å². The average molecular weight is 490 g/mol. The van der Waals surface area contributed by atoms with Gasteiger partial charge in [0.1, 0.15) is 17.2 Å². The van der Waals surface area contributed by atoms with Crippen molar-refractivity contribution in [1.82, 2.24) is 20.0 Å². The maximum atomic E-state index is 14.2. The van der Waals surface area contributed by atoms with Gasteiger partial charge < -0.3 is 30.5 Å². The number of urea groups is 1. The molecule has 0 aromatic carbocycles. The molecule has 3 aliphatic heterocycles. The number of nitrogens with two attached hydrogens (primary N) is 1. The number of terminal acetylenes is 1. The number of carbonyl (C=O) groups excluding carboxylic acids is 4. The third-order valence-corrected chi connectivity index (χ3v) is 7.50. The predicted molar refractivity (Wildman–Crippen MR) is 130 cm³/mol. The fourth-order valence-electron chi connectivity index (χ4n) is 5.84. The summed E-state index contributed by atoms with van der Waals surface area (Å²) >= 11 is 0. The number of amides is 5. The minimum atomic E-state index is -1.40. The highest BCUT2D eigenvalue weighted by Gasteiger charge is 2.55. The summed E-state index contributed by atoms with van der Waals surface area (Å²) in [7, 11) is 3.45. The van der Waals surface area contributed by atoms with Crippen molar-refractivity contribution in [3.63, 3.8) is 0 Å². The lowest BCUT2D eigenvalue weighted by Gasteiger charge is -2.47. The fraction of sp³-hybridized carbons (Fsp3) is 0.760. The van der Waals surface area contributed by atoms with Crippen LogP contribution < -0.4 is 11.1 Å². The first-order chi connectivity index (χ1) is 16.2. The van der Waals surface area contributed by atoms with Crippen molar-refractivity contribution in [2.24, 2.45) is 11.7 Å². The smallest absolute Gasteiger partial charge is 0.408 e. The molecule has 0 saturated carbocycles. The van der Waals surface area contributed by atoms with Crippen molar-refractivity contribution < 1.29 is 23.9 Å². The minimum absolute atomic E-state index is 0.0462. The van der Waals surface area contributed by atoms with Crippen molar-refractivity contribution in [3.8, 4) is 12.3 Å².